The van der Waals surface area contributed by atoms with E-state index in [0.29, 0.717) is 24.3 Å². The van der Waals surface area contributed by atoms with Crippen molar-refractivity contribution in [3.05, 3.63) is 58.9 Å². The highest BCUT2D eigenvalue weighted by molar-refractivity contribution is 5.89. The van der Waals surface area contributed by atoms with E-state index in [2.05, 4.69) is 0 Å². The quantitative estimate of drug-likeness (QED) is 0.938. The standard InChI is InChI=1S/C18H17FO4/c1-18(9-11-3-5-14(19)6-4-11)10-13-7-12(17(20)21)8-15(22-2)16(13)23-18/h3-8H,9-10H2,1-2H3,(H,20,21)/t18-/m0/s1. The molecule has 0 unspecified atom stereocenters. The van der Waals surface area contributed by atoms with E-state index in [-0.39, 0.29) is 11.4 Å². The average Bonchev–Trinajstić information content (AvgIpc) is 2.84. The molecule has 3 rings (SSSR count). The molecule has 0 bridgehead atoms. The Kier molecular flexibility index (Phi) is 3.72. The number of ether oxygens (including phenoxy) is 2. The molecule has 0 saturated heterocycles. The minimum Gasteiger partial charge on any atom is -0.493 e. The largest absolute Gasteiger partial charge is 0.493 e. The maximum absolute atomic E-state index is 13.0. The van der Waals surface area contributed by atoms with Gasteiger partial charge >= 0.3 is 5.97 Å². The second-order valence-corrected chi connectivity index (χ2v) is 6.00. The van der Waals surface area contributed by atoms with Crippen LogP contribution in [0.3, 0.4) is 0 Å². The van der Waals surface area contributed by atoms with Gasteiger partial charge < -0.3 is 14.6 Å². The lowest BCUT2D eigenvalue weighted by Gasteiger charge is -2.24. The number of benzene rings is 2. The highest BCUT2D eigenvalue weighted by atomic mass is 19.1. The van der Waals surface area contributed by atoms with Crippen LogP contribution in [0.25, 0.3) is 0 Å². The van der Waals surface area contributed by atoms with Crippen molar-refractivity contribution in [1.82, 2.24) is 0 Å². The number of fused-ring (bicyclic) bond motifs is 1. The zero-order chi connectivity index (χ0) is 16.6. The van der Waals surface area contributed by atoms with Gasteiger partial charge in [0.05, 0.1) is 12.7 Å². The summed E-state index contributed by atoms with van der Waals surface area (Å²) in [4.78, 5) is 11.2. The van der Waals surface area contributed by atoms with E-state index < -0.39 is 11.6 Å². The third-order valence-electron chi connectivity index (χ3n) is 4.00. The molecule has 5 heteroatoms. The van der Waals surface area contributed by atoms with Crippen molar-refractivity contribution in [2.75, 3.05) is 7.11 Å². The number of carbonyl (C=O) groups is 1. The molecule has 1 N–H and O–H groups in total. The van der Waals surface area contributed by atoms with Crippen LogP contribution in [-0.4, -0.2) is 23.8 Å². The van der Waals surface area contributed by atoms with Crippen LogP contribution in [0.15, 0.2) is 36.4 Å². The van der Waals surface area contributed by atoms with E-state index in [1.165, 1.54) is 25.3 Å². The van der Waals surface area contributed by atoms with Gasteiger partial charge in [0, 0.05) is 18.4 Å². The van der Waals surface area contributed by atoms with Crippen molar-refractivity contribution in [3.63, 3.8) is 0 Å². The minimum atomic E-state index is -1.00. The molecule has 1 heterocycles. The van der Waals surface area contributed by atoms with Crippen LogP contribution in [0, 0.1) is 5.82 Å². The lowest BCUT2D eigenvalue weighted by molar-refractivity contribution is 0.0696. The first-order chi connectivity index (χ1) is 10.9. The molecule has 0 radical (unpaired) electrons. The fraction of sp³-hybridized carbons (Fsp3) is 0.278. The number of aromatic carboxylic acids is 1. The fourth-order valence-electron chi connectivity index (χ4n) is 3.00. The summed E-state index contributed by atoms with van der Waals surface area (Å²) in [6.07, 6.45) is 1.16. The molecule has 120 valence electrons. The van der Waals surface area contributed by atoms with Gasteiger partial charge in [0.25, 0.3) is 0 Å². The van der Waals surface area contributed by atoms with Crippen molar-refractivity contribution in [2.24, 2.45) is 0 Å². The molecule has 0 amide bonds. The summed E-state index contributed by atoms with van der Waals surface area (Å²) in [5.41, 5.74) is 1.42. The van der Waals surface area contributed by atoms with Crippen LogP contribution < -0.4 is 9.47 Å². The lowest BCUT2D eigenvalue weighted by Crippen LogP contribution is -2.32. The van der Waals surface area contributed by atoms with E-state index in [1.807, 2.05) is 6.92 Å². The third kappa shape index (κ3) is 2.99. The monoisotopic (exact) mass is 316 g/mol. The minimum absolute atomic E-state index is 0.176. The number of methoxy groups -OCH3 is 1. The van der Waals surface area contributed by atoms with E-state index in [9.17, 15) is 14.3 Å². The molecule has 0 aliphatic carbocycles. The summed E-state index contributed by atoms with van der Waals surface area (Å²) in [5.74, 6) is -0.273. The molecular weight excluding hydrogens is 299 g/mol. The van der Waals surface area contributed by atoms with Crippen LogP contribution in [-0.2, 0) is 12.8 Å². The smallest absolute Gasteiger partial charge is 0.335 e. The molecule has 4 nitrogen and oxygen atoms in total. The van der Waals surface area contributed by atoms with Crippen LogP contribution in [0.4, 0.5) is 4.39 Å². The summed E-state index contributed by atoms with van der Waals surface area (Å²) < 4.78 is 24.4. The first kappa shape index (κ1) is 15.3. The number of halogens is 1. The van der Waals surface area contributed by atoms with E-state index in [4.69, 9.17) is 9.47 Å². The van der Waals surface area contributed by atoms with Gasteiger partial charge in [-0.15, -0.1) is 0 Å². The molecule has 2 aromatic rings. The normalized spacial score (nSPS) is 19.1. The first-order valence-electron chi connectivity index (χ1n) is 7.28. The molecule has 1 atom stereocenters. The topological polar surface area (TPSA) is 55.8 Å². The summed E-state index contributed by atoms with van der Waals surface area (Å²) in [6.45, 7) is 1.95. The molecule has 23 heavy (non-hydrogen) atoms. The number of hydrogen-bond acceptors (Lipinski definition) is 3. The van der Waals surface area contributed by atoms with Gasteiger partial charge in [-0.1, -0.05) is 12.1 Å². The van der Waals surface area contributed by atoms with Gasteiger partial charge in [0.1, 0.15) is 11.4 Å². The van der Waals surface area contributed by atoms with Crippen LogP contribution in [0.2, 0.25) is 0 Å². The Morgan fingerprint density at radius 1 is 1.35 bits per heavy atom. The maximum Gasteiger partial charge on any atom is 0.335 e. The van der Waals surface area contributed by atoms with E-state index in [1.54, 1.807) is 18.2 Å². The Balaban J connectivity index is 1.90. The maximum atomic E-state index is 13.0. The SMILES string of the molecule is COc1cc(C(=O)O)cc2c1O[C@@](C)(Cc1ccc(F)cc1)C2. The Hall–Kier alpha value is -2.56. The summed E-state index contributed by atoms with van der Waals surface area (Å²) in [6, 6.07) is 9.38. The highest BCUT2D eigenvalue weighted by Gasteiger charge is 2.37. The van der Waals surface area contributed by atoms with Gasteiger partial charge in [0.15, 0.2) is 11.5 Å². The first-order valence-corrected chi connectivity index (χ1v) is 7.28. The molecule has 1 aliphatic heterocycles. The van der Waals surface area contributed by atoms with Crippen molar-refractivity contribution < 1.29 is 23.8 Å². The Morgan fingerprint density at radius 3 is 2.65 bits per heavy atom. The molecular formula is C18H17FO4. The third-order valence-corrected chi connectivity index (χ3v) is 4.00. The second-order valence-electron chi connectivity index (χ2n) is 6.00. The molecule has 2 aromatic carbocycles. The summed E-state index contributed by atoms with van der Waals surface area (Å²) in [7, 11) is 1.49. The van der Waals surface area contributed by atoms with Gasteiger partial charge in [-0.25, -0.2) is 9.18 Å². The number of carboxylic acids is 1. The molecule has 0 fully saturated rings. The van der Waals surface area contributed by atoms with E-state index in [0.717, 1.165) is 11.1 Å². The fourth-order valence-corrected chi connectivity index (χ4v) is 3.00. The Labute approximate surface area is 133 Å². The zero-order valence-corrected chi connectivity index (χ0v) is 12.9. The Morgan fingerprint density at radius 2 is 2.04 bits per heavy atom. The summed E-state index contributed by atoms with van der Waals surface area (Å²) in [5, 5.41) is 9.20. The second kappa shape index (κ2) is 5.57. The highest BCUT2D eigenvalue weighted by Crippen LogP contribution is 2.44. The van der Waals surface area contributed by atoms with E-state index >= 15 is 0 Å². The Bertz CT molecular complexity index is 754. The predicted octanol–water partition coefficient (Wildman–Crippen LogP) is 3.47. The van der Waals surface area contributed by atoms with Crippen molar-refractivity contribution in [2.45, 2.75) is 25.4 Å². The van der Waals surface area contributed by atoms with Gasteiger partial charge in [-0.2, -0.15) is 0 Å². The van der Waals surface area contributed by atoms with Crippen LogP contribution >= 0.6 is 0 Å². The van der Waals surface area contributed by atoms with Crippen LogP contribution in [0.1, 0.15) is 28.4 Å². The van der Waals surface area contributed by atoms with Crippen LogP contribution in [0.5, 0.6) is 11.5 Å². The van der Waals surface area contributed by atoms with Crippen molar-refractivity contribution in [3.8, 4) is 11.5 Å². The number of carboxylic acid groups (broad SMARTS) is 1. The van der Waals surface area contributed by atoms with Gasteiger partial charge in [-0.3, -0.25) is 0 Å². The molecule has 0 aromatic heterocycles. The molecule has 0 spiro atoms. The van der Waals surface area contributed by atoms with Gasteiger partial charge in [-0.05, 0) is 36.8 Å². The molecule has 1 aliphatic rings. The molecule has 0 saturated carbocycles. The van der Waals surface area contributed by atoms with Crippen molar-refractivity contribution >= 4 is 5.97 Å². The zero-order valence-electron chi connectivity index (χ0n) is 12.9. The average molecular weight is 316 g/mol. The van der Waals surface area contributed by atoms with Gasteiger partial charge in [0.2, 0.25) is 0 Å². The van der Waals surface area contributed by atoms with Crippen molar-refractivity contribution in [1.29, 1.82) is 0 Å². The number of rotatable bonds is 4. The summed E-state index contributed by atoms with van der Waals surface area (Å²) >= 11 is 0. The number of hydrogen-bond donors (Lipinski definition) is 1. The lowest BCUT2D eigenvalue weighted by atomic mass is 9.91. The predicted molar refractivity (Wildman–Crippen MR) is 82.8 cm³/mol.